The molecule has 4 nitrogen and oxygen atoms in total. The third kappa shape index (κ3) is 2.65. The highest BCUT2D eigenvalue weighted by Gasteiger charge is 2.27. The second-order valence-corrected chi connectivity index (χ2v) is 5.41. The predicted molar refractivity (Wildman–Crippen MR) is 83.2 cm³/mol. The highest BCUT2D eigenvalue weighted by atomic mass is 16.5. The summed E-state index contributed by atoms with van der Waals surface area (Å²) in [7, 11) is 0. The van der Waals surface area contributed by atoms with Crippen LogP contribution in [-0.2, 0) is 13.0 Å². The molecule has 4 heteroatoms. The van der Waals surface area contributed by atoms with Gasteiger partial charge in [0.2, 0.25) is 0 Å². The first kappa shape index (κ1) is 14.5. The van der Waals surface area contributed by atoms with E-state index in [9.17, 15) is 9.59 Å². The average molecular weight is 295 g/mol. The van der Waals surface area contributed by atoms with Crippen LogP contribution in [-0.4, -0.2) is 18.1 Å². The first-order chi connectivity index (χ1) is 10.7. The van der Waals surface area contributed by atoms with E-state index in [-0.39, 0.29) is 5.78 Å². The Labute approximate surface area is 128 Å². The number of carbonyl (C=O) groups excluding carboxylic acids is 2. The zero-order valence-corrected chi connectivity index (χ0v) is 12.1. The standard InChI is InChI=1S/C18H17NO3/c19-16-8-6-13-14(18(16)21)7-9-17(15(13)10-20)22-11-12-4-2-1-3-5-12/h1-5,7,9-10,16H,6,8,11,19H2. The third-order valence-corrected chi connectivity index (χ3v) is 3.98. The third-order valence-electron chi connectivity index (χ3n) is 3.98. The van der Waals surface area contributed by atoms with Crippen molar-refractivity contribution >= 4 is 12.1 Å². The summed E-state index contributed by atoms with van der Waals surface area (Å²) < 4.78 is 5.77. The number of nitrogens with two attached hydrogens (primary N) is 1. The van der Waals surface area contributed by atoms with Crippen LogP contribution in [0, 0.1) is 0 Å². The molecule has 0 bridgehead atoms. The molecule has 0 fully saturated rings. The molecule has 1 atom stereocenters. The van der Waals surface area contributed by atoms with Crippen molar-refractivity contribution in [3.05, 3.63) is 64.7 Å². The van der Waals surface area contributed by atoms with E-state index in [4.69, 9.17) is 10.5 Å². The predicted octanol–water partition coefficient (Wildman–Crippen LogP) is 2.53. The minimum Gasteiger partial charge on any atom is -0.488 e. The number of benzene rings is 2. The van der Waals surface area contributed by atoms with Gasteiger partial charge in [-0.25, -0.2) is 0 Å². The first-order valence-electron chi connectivity index (χ1n) is 7.28. The van der Waals surface area contributed by atoms with Gasteiger partial charge in [0.15, 0.2) is 12.1 Å². The van der Waals surface area contributed by atoms with Crippen LogP contribution in [0.4, 0.5) is 0 Å². The van der Waals surface area contributed by atoms with Crippen molar-refractivity contribution in [2.45, 2.75) is 25.5 Å². The monoisotopic (exact) mass is 295 g/mol. The Hall–Kier alpha value is -2.46. The Morgan fingerprint density at radius 3 is 2.68 bits per heavy atom. The number of ketones is 1. The van der Waals surface area contributed by atoms with Crippen LogP contribution >= 0.6 is 0 Å². The van der Waals surface area contributed by atoms with Crippen LogP contribution in [0.25, 0.3) is 0 Å². The number of fused-ring (bicyclic) bond motifs is 1. The van der Waals surface area contributed by atoms with Crippen LogP contribution in [0.3, 0.4) is 0 Å². The van der Waals surface area contributed by atoms with Crippen molar-refractivity contribution < 1.29 is 14.3 Å². The van der Waals surface area contributed by atoms with E-state index in [2.05, 4.69) is 0 Å². The van der Waals surface area contributed by atoms with Gasteiger partial charge in [-0.2, -0.15) is 0 Å². The maximum Gasteiger partial charge on any atom is 0.179 e. The maximum atomic E-state index is 12.1. The van der Waals surface area contributed by atoms with Crippen LogP contribution in [0.5, 0.6) is 5.75 Å². The van der Waals surface area contributed by atoms with Gasteiger partial charge in [-0.1, -0.05) is 30.3 Å². The van der Waals surface area contributed by atoms with Crippen molar-refractivity contribution in [2.24, 2.45) is 5.73 Å². The molecule has 2 aromatic rings. The fourth-order valence-electron chi connectivity index (χ4n) is 2.76. The molecular weight excluding hydrogens is 278 g/mol. The zero-order chi connectivity index (χ0) is 15.5. The Kier molecular flexibility index (Phi) is 4.02. The van der Waals surface area contributed by atoms with Crippen LogP contribution in [0.1, 0.15) is 38.3 Å². The van der Waals surface area contributed by atoms with Gasteiger partial charge in [0.05, 0.1) is 11.6 Å². The smallest absolute Gasteiger partial charge is 0.179 e. The highest BCUT2D eigenvalue weighted by Crippen LogP contribution is 2.30. The van der Waals surface area contributed by atoms with E-state index in [1.54, 1.807) is 12.1 Å². The molecule has 22 heavy (non-hydrogen) atoms. The molecule has 0 saturated heterocycles. The quantitative estimate of drug-likeness (QED) is 0.880. The van der Waals surface area contributed by atoms with E-state index in [0.29, 0.717) is 36.3 Å². The van der Waals surface area contributed by atoms with Crippen molar-refractivity contribution in [1.29, 1.82) is 0 Å². The van der Waals surface area contributed by atoms with Crippen LogP contribution < -0.4 is 10.5 Å². The van der Waals surface area contributed by atoms with Crippen LogP contribution in [0.2, 0.25) is 0 Å². The van der Waals surface area contributed by atoms with Crippen molar-refractivity contribution in [1.82, 2.24) is 0 Å². The average Bonchev–Trinajstić information content (AvgIpc) is 2.56. The molecular formula is C18H17NO3. The number of hydrogen-bond acceptors (Lipinski definition) is 4. The van der Waals surface area contributed by atoms with Gasteiger partial charge in [0.1, 0.15) is 12.4 Å². The number of aldehydes is 1. The molecule has 0 amide bonds. The van der Waals surface area contributed by atoms with E-state index < -0.39 is 6.04 Å². The molecule has 3 rings (SSSR count). The SMILES string of the molecule is NC1CCc2c(ccc(OCc3ccccc3)c2C=O)C1=O. The Balaban J connectivity index is 1.90. The normalized spacial score (nSPS) is 17.0. The van der Waals surface area contributed by atoms with E-state index in [1.165, 1.54) is 0 Å². The molecule has 0 spiro atoms. The van der Waals surface area contributed by atoms with Crippen molar-refractivity contribution in [3.63, 3.8) is 0 Å². The summed E-state index contributed by atoms with van der Waals surface area (Å²) >= 11 is 0. The molecule has 0 heterocycles. The summed E-state index contributed by atoms with van der Waals surface area (Å²) in [6.45, 7) is 0.383. The van der Waals surface area contributed by atoms with Gasteiger partial charge >= 0.3 is 0 Å². The lowest BCUT2D eigenvalue weighted by Crippen LogP contribution is -2.35. The number of rotatable bonds is 4. The van der Waals surface area contributed by atoms with Gasteiger partial charge in [-0.15, -0.1) is 0 Å². The molecule has 0 aliphatic heterocycles. The van der Waals surface area contributed by atoms with Crippen molar-refractivity contribution in [3.8, 4) is 5.75 Å². The molecule has 0 radical (unpaired) electrons. The van der Waals surface area contributed by atoms with Gasteiger partial charge in [0, 0.05) is 5.56 Å². The molecule has 112 valence electrons. The van der Waals surface area contributed by atoms with Gasteiger partial charge in [-0.05, 0) is 36.1 Å². The number of carbonyl (C=O) groups is 2. The summed E-state index contributed by atoms with van der Waals surface area (Å²) in [5, 5.41) is 0. The Morgan fingerprint density at radius 1 is 1.18 bits per heavy atom. The van der Waals surface area contributed by atoms with Gasteiger partial charge < -0.3 is 10.5 Å². The van der Waals surface area contributed by atoms with Gasteiger partial charge in [0.25, 0.3) is 0 Å². The van der Waals surface area contributed by atoms with Gasteiger partial charge in [-0.3, -0.25) is 9.59 Å². The Bertz CT molecular complexity index is 710. The second kappa shape index (κ2) is 6.12. The number of ether oxygens (including phenoxy) is 1. The summed E-state index contributed by atoms with van der Waals surface area (Å²) in [4.78, 5) is 23.6. The van der Waals surface area contributed by atoms with E-state index in [1.807, 2.05) is 30.3 Å². The molecule has 0 saturated carbocycles. The summed E-state index contributed by atoms with van der Waals surface area (Å²) in [5.74, 6) is 0.417. The minimum atomic E-state index is -0.469. The largest absolute Gasteiger partial charge is 0.488 e. The fourth-order valence-corrected chi connectivity index (χ4v) is 2.76. The molecule has 0 aromatic heterocycles. The highest BCUT2D eigenvalue weighted by molar-refractivity contribution is 6.04. The lowest BCUT2D eigenvalue weighted by atomic mass is 9.85. The molecule has 2 aromatic carbocycles. The fraction of sp³-hybridized carbons (Fsp3) is 0.222. The van der Waals surface area contributed by atoms with E-state index in [0.717, 1.165) is 17.4 Å². The zero-order valence-electron chi connectivity index (χ0n) is 12.1. The summed E-state index contributed by atoms with van der Waals surface area (Å²) in [5.41, 5.74) is 8.58. The summed E-state index contributed by atoms with van der Waals surface area (Å²) in [6, 6.07) is 12.7. The molecule has 2 N–H and O–H groups in total. The second-order valence-electron chi connectivity index (χ2n) is 5.41. The van der Waals surface area contributed by atoms with Crippen molar-refractivity contribution in [2.75, 3.05) is 0 Å². The molecule has 1 unspecified atom stereocenters. The minimum absolute atomic E-state index is 0.0982. The summed E-state index contributed by atoms with van der Waals surface area (Å²) in [6.07, 6.45) is 1.96. The maximum absolute atomic E-state index is 12.1. The topological polar surface area (TPSA) is 69.4 Å². The number of Topliss-reactive ketones (excluding diaryl/α,β-unsaturated/α-hetero) is 1. The molecule has 1 aliphatic rings. The lowest BCUT2D eigenvalue weighted by molar-refractivity contribution is 0.0948. The molecule has 1 aliphatic carbocycles. The Morgan fingerprint density at radius 2 is 1.95 bits per heavy atom. The number of hydrogen-bond donors (Lipinski definition) is 1. The van der Waals surface area contributed by atoms with Crippen LogP contribution in [0.15, 0.2) is 42.5 Å². The first-order valence-corrected chi connectivity index (χ1v) is 7.28. The lowest BCUT2D eigenvalue weighted by Gasteiger charge is -2.22. The van der Waals surface area contributed by atoms with E-state index >= 15 is 0 Å².